The predicted molar refractivity (Wildman–Crippen MR) is 63.1 cm³/mol. The number of rotatable bonds is 6. The molecule has 0 aliphatic carbocycles. The number of hydrogen-bond acceptors (Lipinski definition) is 2. The molecule has 15 heavy (non-hydrogen) atoms. The van der Waals surface area contributed by atoms with E-state index in [0.717, 1.165) is 19.4 Å². The molecule has 0 amide bonds. The van der Waals surface area contributed by atoms with E-state index < -0.39 is 0 Å². The Kier molecular flexibility index (Phi) is 5.33. The highest BCUT2D eigenvalue weighted by atomic mass is 16.5. The molecular weight excluding hydrogens is 186 g/mol. The van der Waals surface area contributed by atoms with Crippen LogP contribution < -0.4 is 0 Å². The van der Waals surface area contributed by atoms with Gasteiger partial charge in [-0.2, -0.15) is 0 Å². The van der Waals surface area contributed by atoms with Crippen LogP contribution in [0.25, 0.3) is 0 Å². The van der Waals surface area contributed by atoms with E-state index >= 15 is 0 Å². The lowest BCUT2D eigenvalue weighted by molar-refractivity contribution is 0.193. The van der Waals surface area contributed by atoms with Crippen molar-refractivity contribution in [2.24, 2.45) is 0 Å². The number of methoxy groups -OCH3 is 1. The molecule has 0 atom stereocenters. The number of ether oxygens (including phenoxy) is 1. The van der Waals surface area contributed by atoms with Gasteiger partial charge in [-0.1, -0.05) is 19.9 Å². The van der Waals surface area contributed by atoms with Gasteiger partial charge >= 0.3 is 0 Å². The molecule has 84 valence electrons. The minimum atomic E-state index is 0.566. The molecule has 0 aliphatic heterocycles. The van der Waals surface area contributed by atoms with Crippen molar-refractivity contribution in [2.45, 2.75) is 39.0 Å². The molecule has 0 unspecified atom stereocenters. The minimum absolute atomic E-state index is 0.566. The first-order valence-corrected chi connectivity index (χ1v) is 5.66. The lowest BCUT2D eigenvalue weighted by Crippen LogP contribution is -1.95. The zero-order chi connectivity index (χ0) is 11.1. The molecule has 0 bridgehead atoms. The summed E-state index contributed by atoms with van der Waals surface area (Å²) in [6.07, 6.45) is 7.35. The third-order valence-electron chi connectivity index (χ3n) is 2.55. The van der Waals surface area contributed by atoms with Crippen LogP contribution in [0, 0.1) is 0 Å². The highest BCUT2D eigenvalue weighted by molar-refractivity contribution is 5.20. The lowest BCUT2D eigenvalue weighted by Gasteiger charge is -2.07. The smallest absolute Gasteiger partial charge is 0.0462 e. The van der Waals surface area contributed by atoms with E-state index in [4.69, 9.17) is 4.74 Å². The first kappa shape index (κ1) is 12.2. The molecule has 1 aromatic heterocycles. The summed E-state index contributed by atoms with van der Waals surface area (Å²) in [4.78, 5) is 4.27. The van der Waals surface area contributed by atoms with Crippen LogP contribution in [0.1, 0.15) is 43.7 Å². The average Bonchev–Trinajstić information content (AvgIpc) is 2.25. The third kappa shape index (κ3) is 4.43. The van der Waals surface area contributed by atoms with Gasteiger partial charge in [0.2, 0.25) is 0 Å². The summed E-state index contributed by atoms with van der Waals surface area (Å²) >= 11 is 0. The fourth-order valence-electron chi connectivity index (χ4n) is 1.54. The maximum absolute atomic E-state index is 5.03. The molecule has 0 radical (unpaired) electrons. The van der Waals surface area contributed by atoms with E-state index in [1.165, 1.54) is 17.5 Å². The average molecular weight is 207 g/mol. The van der Waals surface area contributed by atoms with Gasteiger partial charge in [0.05, 0.1) is 0 Å². The second kappa shape index (κ2) is 6.57. The fraction of sp³-hybridized carbons (Fsp3) is 0.615. The summed E-state index contributed by atoms with van der Waals surface area (Å²) in [6.45, 7) is 5.26. The molecular formula is C13H21NO. The van der Waals surface area contributed by atoms with Gasteiger partial charge in [0, 0.05) is 26.1 Å². The van der Waals surface area contributed by atoms with E-state index in [1.807, 2.05) is 12.4 Å². The highest BCUT2D eigenvalue weighted by Gasteiger charge is 2.01. The van der Waals surface area contributed by atoms with Crippen LogP contribution in [0.5, 0.6) is 0 Å². The van der Waals surface area contributed by atoms with Gasteiger partial charge in [-0.25, -0.2) is 0 Å². The van der Waals surface area contributed by atoms with Crippen molar-refractivity contribution in [1.29, 1.82) is 0 Å². The monoisotopic (exact) mass is 207 g/mol. The van der Waals surface area contributed by atoms with Crippen LogP contribution in [0.4, 0.5) is 0 Å². The molecule has 0 saturated carbocycles. The van der Waals surface area contributed by atoms with Crippen molar-refractivity contribution >= 4 is 0 Å². The maximum Gasteiger partial charge on any atom is 0.0462 e. The van der Waals surface area contributed by atoms with Gasteiger partial charge in [-0.05, 0) is 36.3 Å². The van der Waals surface area contributed by atoms with E-state index in [2.05, 4.69) is 24.9 Å². The van der Waals surface area contributed by atoms with Crippen LogP contribution in [0.3, 0.4) is 0 Å². The summed E-state index contributed by atoms with van der Waals surface area (Å²) in [5.74, 6) is 0.566. The SMILES string of the molecule is COCCCCc1cncc(C(C)C)c1. The summed E-state index contributed by atoms with van der Waals surface area (Å²) in [5.41, 5.74) is 2.68. The van der Waals surface area contributed by atoms with Crippen molar-refractivity contribution in [3.63, 3.8) is 0 Å². The first-order valence-electron chi connectivity index (χ1n) is 5.66. The van der Waals surface area contributed by atoms with E-state index in [-0.39, 0.29) is 0 Å². The van der Waals surface area contributed by atoms with E-state index in [1.54, 1.807) is 7.11 Å². The molecule has 0 saturated heterocycles. The fourth-order valence-corrected chi connectivity index (χ4v) is 1.54. The van der Waals surface area contributed by atoms with Crippen molar-refractivity contribution in [3.8, 4) is 0 Å². The lowest BCUT2D eigenvalue weighted by atomic mass is 10.0. The molecule has 0 N–H and O–H groups in total. The predicted octanol–water partition coefficient (Wildman–Crippen LogP) is 3.17. The third-order valence-corrected chi connectivity index (χ3v) is 2.55. The normalized spacial score (nSPS) is 10.9. The Labute approximate surface area is 92.7 Å². The summed E-state index contributed by atoms with van der Waals surface area (Å²) < 4.78 is 5.03. The molecule has 2 heteroatoms. The quantitative estimate of drug-likeness (QED) is 0.668. The molecule has 0 aliphatic rings. The van der Waals surface area contributed by atoms with Gasteiger partial charge in [0.25, 0.3) is 0 Å². The van der Waals surface area contributed by atoms with Crippen molar-refractivity contribution in [2.75, 3.05) is 13.7 Å². The van der Waals surface area contributed by atoms with Crippen LogP contribution in [-0.2, 0) is 11.2 Å². The standard InChI is InChI=1S/C13H21NO/c1-11(2)13-8-12(9-14-10-13)6-4-5-7-15-3/h8-11H,4-7H2,1-3H3. The van der Waals surface area contributed by atoms with Crippen molar-refractivity contribution in [1.82, 2.24) is 4.98 Å². The molecule has 0 fully saturated rings. The van der Waals surface area contributed by atoms with Gasteiger partial charge in [0.1, 0.15) is 0 Å². The number of pyridine rings is 1. The van der Waals surface area contributed by atoms with Gasteiger partial charge in [0.15, 0.2) is 0 Å². The van der Waals surface area contributed by atoms with Crippen LogP contribution in [0.15, 0.2) is 18.5 Å². The van der Waals surface area contributed by atoms with Crippen molar-refractivity contribution in [3.05, 3.63) is 29.6 Å². The zero-order valence-corrected chi connectivity index (χ0v) is 9.99. The highest BCUT2D eigenvalue weighted by Crippen LogP contribution is 2.15. The molecule has 1 rings (SSSR count). The van der Waals surface area contributed by atoms with Crippen LogP contribution in [-0.4, -0.2) is 18.7 Å². The number of aromatic nitrogens is 1. The van der Waals surface area contributed by atoms with E-state index in [0.29, 0.717) is 5.92 Å². The number of unbranched alkanes of at least 4 members (excludes halogenated alkanes) is 1. The Bertz CT molecular complexity index is 284. The second-order valence-electron chi connectivity index (χ2n) is 4.23. The largest absolute Gasteiger partial charge is 0.385 e. The van der Waals surface area contributed by atoms with Gasteiger partial charge in [-0.15, -0.1) is 0 Å². The Morgan fingerprint density at radius 3 is 2.73 bits per heavy atom. The Morgan fingerprint density at radius 1 is 1.27 bits per heavy atom. The van der Waals surface area contributed by atoms with Crippen LogP contribution >= 0.6 is 0 Å². The summed E-state index contributed by atoms with van der Waals surface area (Å²) in [6, 6.07) is 2.27. The first-order chi connectivity index (χ1) is 7.24. The van der Waals surface area contributed by atoms with Crippen molar-refractivity contribution < 1.29 is 4.74 Å². The Balaban J connectivity index is 2.43. The van der Waals surface area contributed by atoms with Gasteiger partial charge in [-0.3, -0.25) is 4.98 Å². The second-order valence-corrected chi connectivity index (χ2v) is 4.23. The van der Waals surface area contributed by atoms with Crippen LogP contribution in [0.2, 0.25) is 0 Å². The number of aryl methyl sites for hydroxylation is 1. The molecule has 1 aromatic rings. The maximum atomic E-state index is 5.03. The summed E-state index contributed by atoms with van der Waals surface area (Å²) in [7, 11) is 1.75. The molecule has 0 aromatic carbocycles. The molecule has 1 heterocycles. The Hall–Kier alpha value is -0.890. The number of hydrogen-bond donors (Lipinski definition) is 0. The van der Waals surface area contributed by atoms with E-state index in [9.17, 15) is 0 Å². The number of nitrogens with zero attached hydrogens (tertiary/aromatic N) is 1. The molecule has 2 nitrogen and oxygen atoms in total. The Morgan fingerprint density at radius 2 is 2.07 bits per heavy atom. The van der Waals surface area contributed by atoms with Gasteiger partial charge < -0.3 is 4.74 Å². The topological polar surface area (TPSA) is 22.1 Å². The summed E-state index contributed by atoms with van der Waals surface area (Å²) in [5, 5.41) is 0. The minimum Gasteiger partial charge on any atom is -0.385 e. The zero-order valence-electron chi connectivity index (χ0n) is 9.99. The molecule has 0 spiro atoms.